The topological polar surface area (TPSA) is 78.6 Å². The lowest BCUT2D eigenvalue weighted by Gasteiger charge is -2.20. The molecule has 0 amide bonds. The number of aliphatic imine (C=N–C) groups is 1. The van der Waals surface area contributed by atoms with E-state index in [2.05, 4.69) is 25.8 Å². The van der Waals surface area contributed by atoms with Crippen molar-refractivity contribution in [3.05, 3.63) is 41.2 Å². The molecule has 0 aromatic carbocycles. The fourth-order valence-electron chi connectivity index (χ4n) is 3.23. The maximum atomic E-state index is 13.9. The van der Waals surface area contributed by atoms with Crippen LogP contribution < -0.4 is 15.5 Å². The summed E-state index contributed by atoms with van der Waals surface area (Å²) in [6.07, 6.45) is 3.34. The summed E-state index contributed by atoms with van der Waals surface area (Å²) in [6.45, 7) is 6.06. The van der Waals surface area contributed by atoms with Crippen LogP contribution in [0, 0.1) is 19.7 Å². The van der Waals surface area contributed by atoms with Gasteiger partial charge in [-0.3, -0.25) is 4.99 Å². The molecule has 2 aromatic rings. The zero-order chi connectivity index (χ0) is 18.5. The van der Waals surface area contributed by atoms with Crippen molar-refractivity contribution in [2.45, 2.75) is 32.7 Å². The van der Waals surface area contributed by atoms with Gasteiger partial charge in [0.25, 0.3) is 0 Å². The number of aromatic nitrogens is 2. The fraction of sp³-hybridized carbons (Fsp3) is 0.500. The molecule has 140 valence electrons. The van der Waals surface area contributed by atoms with Crippen LogP contribution in [0.25, 0.3) is 0 Å². The molecule has 2 N–H and O–H groups in total. The number of hydrogen-bond acceptors (Lipinski definition) is 5. The molecule has 0 saturated carbocycles. The molecule has 1 fully saturated rings. The predicted molar refractivity (Wildman–Crippen MR) is 99.0 cm³/mol. The van der Waals surface area contributed by atoms with Gasteiger partial charge >= 0.3 is 0 Å². The van der Waals surface area contributed by atoms with Gasteiger partial charge in [0.1, 0.15) is 5.76 Å². The molecule has 0 aliphatic carbocycles. The molecule has 8 heteroatoms. The van der Waals surface area contributed by atoms with Crippen LogP contribution in [0.1, 0.15) is 23.4 Å². The van der Waals surface area contributed by atoms with Crippen molar-refractivity contribution >= 4 is 11.8 Å². The van der Waals surface area contributed by atoms with Crippen molar-refractivity contribution in [3.8, 4) is 0 Å². The predicted octanol–water partition coefficient (Wildman–Crippen LogP) is 1.81. The normalized spacial score (nSPS) is 17.6. The van der Waals surface area contributed by atoms with Crippen LogP contribution in [0.5, 0.6) is 0 Å². The highest BCUT2D eigenvalue weighted by molar-refractivity contribution is 5.80. The minimum atomic E-state index is -0.282. The molecule has 0 spiro atoms. The van der Waals surface area contributed by atoms with E-state index in [0.717, 1.165) is 48.9 Å². The monoisotopic (exact) mass is 360 g/mol. The highest BCUT2D eigenvalue weighted by Crippen LogP contribution is 2.20. The molecule has 26 heavy (non-hydrogen) atoms. The Labute approximate surface area is 152 Å². The van der Waals surface area contributed by atoms with Gasteiger partial charge in [0.15, 0.2) is 17.6 Å². The zero-order valence-corrected chi connectivity index (χ0v) is 15.4. The van der Waals surface area contributed by atoms with E-state index in [0.29, 0.717) is 12.4 Å². The number of nitrogens with zero attached hydrogens (tertiary/aromatic N) is 4. The minimum absolute atomic E-state index is 0.196. The van der Waals surface area contributed by atoms with Gasteiger partial charge in [-0.2, -0.15) is 0 Å². The Balaban J connectivity index is 1.49. The molecular weight excluding hydrogens is 335 g/mol. The van der Waals surface area contributed by atoms with E-state index in [9.17, 15) is 4.39 Å². The molecule has 1 atom stereocenters. The molecule has 3 rings (SSSR count). The van der Waals surface area contributed by atoms with Gasteiger partial charge in [-0.1, -0.05) is 5.16 Å². The third-order valence-electron chi connectivity index (χ3n) is 4.64. The summed E-state index contributed by atoms with van der Waals surface area (Å²) < 4.78 is 19.1. The molecule has 1 saturated heterocycles. The first-order chi connectivity index (χ1) is 12.6. The number of pyridine rings is 1. The quantitative estimate of drug-likeness (QED) is 0.625. The zero-order valence-electron chi connectivity index (χ0n) is 15.4. The van der Waals surface area contributed by atoms with Crippen LogP contribution in [0.2, 0.25) is 0 Å². The van der Waals surface area contributed by atoms with Crippen molar-refractivity contribution in [2.24, 2.45) is 4.99 Å². The van der Waals surface area contributed by atoms with Gasteiger partial charge in [0.05, 0.1) is 5.69 Å². The van der Waals surface area contributed by atoms with Crippen molar-refractivity contribution < 1.29 is 8.91 Å². The Hall–Kier alpha value is -2.64. The number of rotatable bonds is 5. The summed E-state index contributed by atoms with van der Waals surface area (Å²) in [5.74, 6) is 1.73. The summed E-state index contributed by atoms with van der Waals surface area (Å²) in [5.41, 5.74) is 2.06. The summed E-state index contributed by atoms with van der Waals surface area (Å²) in [6, 6.07) is 3.25. The van der Waals surface area contributed by atoms with Gasteiger partial charge in [0, 0.05) is 44.5 Å². The lowest BCUT2D eigenvalue weighted by atomic mass is 10.1. The summed E-state index contributed by atoms with van der Waals surface area (Å²) >= 11 is 0. The van der Waals surface area contributed by atoms with Gasteiger partial charge in [0.2, 0.25) is 0 Å². The first-order valence-electron chi connectivity index (χ1n) is 8.83. The van der Waals surface area contributed by atoms with E-state index in [1.807, 2.05) is 18.7 Å². The number of halogens is 1. The van der Waals surface area contributed by atoms with E-state index in [1.54, 1.807) is 19.3 Å². The van der Waals surface area contributed by atoms with Crippen LogP contribution in [0.15, 0.2) is 27.8 Å². The molecule has 3 heterocycles. The number of hydrogen-bond donors (Lipinski definition) is 2. The van der Waals surface area contributed by atoms with E-state index >= 15 is 0 Å². The van der Waals surface area contributed by atoms with Gasteiger partial charge in [-0.15, -0.1) is 0 Å². The molecular formula is C18H25FN6O. The second-order valence-corrected chi connectivity index (χ2v) is 6.44. The number of aryl methyl sites for hydroxylation is 2. The average molecular weight is 360 g/mol. The Kier molecular flexibility index (Phi) is 5.70. The summed E-state index contributed by atoms with van der Waals surface area (Å²) in [4.78, 5) is 10.4. The molecule has 0 bridgehead atoms. The van der Waals surface area contributed by atoms with Crippen LogP contribution >= 0.6 is 0 Å². The fourth-order valence-corrected chi connectivity index (χ4v) is 3.23. The minimum Gasteiger partial charge on any atom is -0.361 e. The Morgan fingerprint density at radius 2 is 2.31 bits per heavy atom. The van der Waals surface area contributed by atoms with E-state index in [-0.39, 0.29) is 11.9 Å². The molecule has 2 aromatic heterocycles. The Bertz CT molecular complexity index is 755. The molecule has 1 aliphatic rings. The Morgan fingerprint density at radius 1 is 1.46 bits per heavy atom. The molecule has 1 aliphatic heterocycles. The van der Waals surface area contributed by atoms with Crippen LogP contribution in [-0.4, -0.2) is 48.8 Å². The third kappa shape index (κ3) is 4.12. The number of nitrogens with one attached hydrogen (secondary N) is 2. The van der Waals surface area contributed by atoms with Crippen LogP contribution in [0.4, 0.5) is 10.2 Å². The van der Waals surface area contributed by atoms with E-state index in [1.165, 1.54) is 6.07 Å². The first-order valence-corrected chi connectivity index (χ1v) is 8.83. The lowest BCUT2D eigenvalue weighted by molar-refractivity contribution is 0.392. The van der Waals surface area contributed by atoms with Crippen molar-refractivity contribution in [3.63, 3.8) is 0 Å². The maximum absolute atomic E-state index is 13.9. The Morgan fingerprint density at radius 3 is 3.00 bits per heavy atom. The van der Waals surface area contributed by atoms with Gasteiger partial charge in [-0.05, 0) is 38.8 Å². The molecule has 1 unspecified atom stereocenters. The first kappa shape index (κ1) is 18.2. The van der Waals surface area contributed by atoms with Crippen LogP contribution in [0.3, 0.4) is 0 Å². The maximum Gasteiger partial charge on any atom is 0.191 e. The van der Waals surface area contributed by atoms with E-state index < -0.39 is 0 Å². The largest absolute Gasteiger partial charge is 0.361 e. The lowest BCUT2D eigenvalue weighted by Crippen LogP contribution is -2.45. The van der Waals surface area contributed by atoms with Crippen molar-refractivity contribution in [1.29, 1.82) is 0 Å². The smallest absolute Gasteiger partial charge is 0.191 e. The van der Waals surface area contributed by atoms with Crippen LogP contribution in [-0.2, 0) is 6.42 Å². The average Bonchev–Trinajstić information content (AvgIpc) is 3.22. The van der Waals surface area contributed by atoms with Crippen molar-refractivity contribution in [2.75, 3.05) is 31.6 Å². The number of guanidine groups is 1. The third-order valence-corrected chi connectivity index (χ3v) is 4.64. The van der Waals surface area contributed by atoms with Gasteiger partial charge < -0.3 is 20.1 Å². The number of anilines is 1. The second-order valence-electron chi connectivity index (χ2n) is 6.44. The summed E-state index contributed by atoms with van der Waals surface area (Å²) in [5, 5.41) is 10.7. The van der Waals surface area contributed by atoms with Gasteiger partial charge in [-0.25, -0.2) is 9.37 Å². The second kappa shape index (κ2) is 8.16. The van der Waals surface area contributed by atoms with Crippen molar-refractivity contribution in [1.82, 2.24) is 20.8 Å². The summed E-state index contributed by atoms with van der Waals surface area (Å²) in [7, 11) is 1.75. The van der Waals surface area contributed by atoms with E-state index in [4.69, 9.17) is 4.52 Å². The SMILES string of the molecule is CN=C(NCCc1c(C)noc1C)NC1CCN(c2ncccc2F)C1. The highest BCUT2D eigenvalue weighted by atomic mass is 19.1. The standard InChI is InChI=1S/C18H25FN6O/c1-12-15(13(2)26-24-12)6-9-22-18(20-3)23-14-7-10-25(11-14)17-16(19)5-4-8-21-17/h4-5,8,14H,6-7,9-11H2,1-3H3,(H2,20,22,23). The molecule has 0 radical (unpaired) electrons. The highest BCUT2D eigenvalue weighted by Gasteiger charge is 2.25. The molecule has 7 nitrogen and oxygen atoms in total.